The summed E-state index contributed by atoms with van der Waals surface area (Å²) in [6.07, 6.45) is 4.27. The number of likely N-dealkylation sites (tertiary alicyclic amines) is 1. The van der Waals surface area contributed by atoms with Gasteiger partial charge in [0.25, 0.3) is 0 Å². The van der Waals surface area contributed by atoms with E-state index in [1.807, 2.05) is 20.0 Å². The molecule has 4 nitrogen and oxygen atoms in total. The standard InChI is InChI=1S/C14H16BrN3O/c1-9-10(15)4-7-16-12(9)11-3-5-14(17-11)6-8-18(2)13(14)19/h4,7H,3,5-6,8H2,1-2H3/t14-/m1/s1. The Hall–Kier alpha value is -1.23. The summed E-state index contributed by atoms with van der Waals surface area (Å²) in [5.41, 5.74) is 2.49. The van der Waals surface area contributed by atoms with E-state index in [2.05, 4.69) is 20.9 Å². The van der Waals surface area contributed by atoms with Crippen LogP contribution >= 0.6 is 15.9 Å². The van der Waals surface area contributed by atoms with Gasteiger partial charge in [-0.3, -0.25) is 14.8 Å². The Balaban J connectivity index is 2.00. The maximum Gasteiger partial charge on any atom is 0.250 e. The van der Waals surface area contributed by atoms with Gasteiger partial charge in [0, 0.05) is 24.3 Å². The molecule has 1 aromatic heterocycles. The Morgan fingerprint density at radius 2 is 2.21 bits per heavy atom. The minimum absolute atomic E-state index is 0.162. The minimum Gasteiger partial charge on any atom is -0.344 e. The van der Waals surface area contributed by atoms with Gasteiger partial charge in [0.2, 0.25) is 5.91 Å². The van der Waals surface area contributed by atoms with Crippen LogP contribution in [-0.2, 0) is 4.79 Å². The first-order valence-corrected chi connectivity index (χ1v) is 7.28. The molecule has 1 atom stereocenters. The Morgan fingerprint density at radius 1 is 1.42 bits per heavy atom. The van der Waals surface area contributed by atoms with E-state index in [0.29, 0.717) is 0 Å². The first-order valence-electron chi connectivity index (χ1n) is 6.49. The van der Waals surface area contributed by atoms with Crippen LogP contribution in [0, 0.1) is 6.92 Å². The highest BCUT2D eigenvalue weighted by molar-refractivity contribution is 9.10. The molecule has 2 aliphatic rings. The molecule has 19 heavy (non-hydrogen) atoms. The normalized spacial score (nSPS) is 26.4. The summed E-state index contributed by atoms with van der Waals surface area (Å²) in [6.45, 7) is 2.84. The molecule has 0 radical (unpaired) electrons. The predicted molar refractivity (Wildman–Crippen MR) is 77.4 cm³/mol. The quantitative estimate of drug-likeness (QED) is 0.797. The van der Waals surface area contributed by atoms with Crippen molar-refractivity contribution in [3.8, 4) is 0 Å². The number of nitrogens with zero attached hydrogens (tertiary/aromatic N) is 3. The second-order valence-corrected chi connectivity index (χ2v) is 6.19. The highest BCUT2D eigenvalue weighted by Gasteiger charge is 2.48. The Kier molecular flexibility index (Phi) is 2.96. The molecule has 5 heteroatoms. The van der Waals surface area contributed by atoms with Gasteiger partial charge in [0.1, 0.15) is 5.54 Å². The molecule has 3 heterocycles. The maximum atomic E-state index is 12.2. The van der Waals surface area contributed by atoms with Crippen LogP contribution in [0.1, 0.15) is 30.5 Å². The largest absolute Gasteiger partial charge is 0.344 e. The molecule has 0 saturated carbocycles. The number of carbonyl (C=O) groups is 1. The fraction of sp³-hybridized carbons (Fsp3) is 0.500. The molecule has 0 aromatic carbocycles. The number of hydrogen-bond acceptors (Lipinski definition) is 3. The molecular formula is C14H16BrN3O. The Bertz CT molecular complexity index is 584. The average Bonchev–Trinajstić information content (AvgIpc) is 2.94. The highest BCUT2D eigenvalue weighted by Crippen LogP contribution is 2.37. The van der Waals surface area contributed by atoms with E-state index in [9.17, 15) is 4.79 Å². The third-order valence-corrected chi connectivity index (χ3v) is 5.00. The van der Waals surface area contributed by atoms with Crippen molar-refractivity contribution >= 4 is 27.5 Å². The van der Waals surface area contributed by atoms with Crippen LogP contribution in [-0.4, -0.2) is 40.6 Å². The van der Waals surface area contributed by atoms with Gasteiger partial charge in [0.15, 0.2) is 0 Å². The van der Waals surface area contributed by atoms with Crippen LogP contribution in [0.4, 0.5) is 0 Å². The molecule has 2 aliphatic heterocycles. The van der Waals surface area contributed by atoms with Gasteiger partial charge >= 0.3 is 0 Å². The van der Waals surface area contributed by atoms with Crippen LogP contribution in [0.3, 0.4) is 0 Å². The summed E-state index contributed by atoms with van der Waals surface area (Å²) < 4.78 is 1.04. The number of likely N-dealkylation sites (N-methyl/N-ethyl adjacent to an activating group) is 1. The number of rotatable bonds is 1. The molecule has 0 bridgehead atoms. The summed E-state index contributed by atoms with van der Waals surface area (Å²) in [5.74, 6) is 0.162. The molecule has 1 spiro atoms. The summed E-state index contributed by atoms with van der Waals surface area (Å²) >= 11 is 3.52. The van der Waals surface area contributed by atoms with E-state index in [-0.39, 0.29) is 5.91 Å². The number of aromatic nitrogens is 1. The van der Waals surface area contributed by atoms with Crippen molar-refractivity contribution in [1.29, 1.82) is 0 Å². The monoisotopic (exact) mass is 321 g/mol. The van der Waals surface area contributed by atoms with Crippen molar-refractivity contribution in [2.75, 3.05) is 13.6 Å². The molecule has 0 N–H and O–H groups in total. The number of pyridine rings is 1. The number of aliphatic imine (C=N–C) groups is 1. The number of carbonyl (C=O) groups excluding carboxylic acids is 1. The number of amides is 1. The van der Waals surface area contributed by atoms with Crippen LogP contribution in [0.15, 0.2) is 21.7 Å². The first kappa shape index (κ1) is 12.8. The lowest BCUT2D eigenvalue weighted by molar-refractivity contribution is -0.130. The topological polar surface area (TPSA) is 45.6 Å². The summed E-state index contributed by atoms with van der Waals surface area (Å²) in [6, 6.07) is 1.93. The number of halogens is 1. The molecule has 100 valence electrons. The van der Waals surface area contributed by atoms with Crippen molar-refractivity contribution in [3.63, 3.8) is 0 Å². The van der Waals surface area contributed by atoms with Gasteiger partial charge in [-0.15, -0.1) is 0 Å². The smallest absolute Gasteiger partial charge is 0.250 e. The zero-order chi connectivity index (χ0) is 13.6. The summed E-state index contributed by atoms with van der Waals surface area (Å²) in [7, 11) is 1.85. The van der Waals surface area contributed by atoms with Gasteiger partial charge in [-0.1, -0.05) is 15.9 Å². The van der Waals surface area contributed by atoms with E-state index in [1.165, 1.54) is 0 Å². The van der Waals surface area contributed by atoms with Gasteiger partial charge in [-0.05, 0) is 37.8 Å². The van der Waals surface area contributed by atoms with Crippen molar-refractivity contribution < 1.29 is 4.79 Å². The van der Waals surface area contributed by atoms with Gasteiger partial charge in [0.05, 0.1) is 11.4 Å². The molecule has 3 rings (SSSR count). The van der Waals surface area contributed by atoms with Crippen molar-refractivity contribution in [1.82, 2.24) is 9.88 Å². The third-order valence-electron chi connectivity index (χ3n) is 4.14. The van der Waals surface area contributed by atoms with Crippen LogP contribution in [0.25, 0.3) is 0 Å². The molecule has 1 saturated heterocycles. The highest BCUT2D eigenvalue weighted by atomic mass is 79.9. The summed E-state index contributed by atoms with van der Waals surface area (Å²) in [4.78, 5) is 23.2. The lowest BCUT2D eigenvalue weighted by Crippen LogP contribution is -2.35. The molecule has 0 unspecified atom stereocenters. The molecule has 1 fully saturated rings. The second-order valence-electron chi connectivity index (χ2n) is 5.33. The first-order chi connectivity index (χ1) is 9.03. The predicted octanol–water partition coefficient (Wildman–Crippen LogP) is 2.34. The van der Waals surface area contributed by atoms with Crippen LogP contribution in [0.5, 0.6) is 0 Å². The maximum absolute atomic E-state index is 12.2. The zero-order valence-electron chi connectivity index (χ0n) is 11.1. The lowest BCUT2D eigenvalue weighted by atomic mass is 9.95. The zero-order valence-corrected chi connectivity index (χ0v) is 12.7. The van der Waals surface area contributed by atoms with Crippen molar-refractivity contribution in [2.45, 2.75) is 31.7 Å². The van der Waals surface area contributed by atoms with Gasteiger partial charge in [-0.2, -0.15) is 0 Å². The van der Waals surface area contributed by atoms with Crippen LogP contribution < -0.4 is 0 Å². The second kappa shape index (κ2) is 4.40. The number of hydrogen-bond donors (Lipinski definition) is 0. The third kappa shape index (κ3) is 1.91. The van der Waals surface area contributed by atoms with E-state index in [4.69, 9.17) is 4.99 Å². The molecule has 1 aromatic rings. The van der Waals surface area contributed by atoms with E-state index in [0.717, 1.165) is 47.2 Å². The van der Waals surface area contributed by atoms with Crippen molar-refractivity contribution in [2.24, 2.45) is 4.99 Å². The summed E-state index contributed by atoms with van der Waals surface area (Å²) in [5, 5.41) is 0. The minimum atomic E-state index is -0.499. The average molecular weight is 322 g/mol. The van der Waals surface area contributed by atoms with E-state index >= 15 is 0 Å². The van der Waals surface area contributed by atoms with Gasteiger partial charge in [-0.25, -0.2) is 0 Å². The van der Waals surface area contributed by atoms with E-state index in [1.54, 1.807) is 11.1 Å². The Labute approximate surface area is 121 Å². The Morgan fingerprint density at radius 3 is 2.89 bits per heavy atom. The SMILES string of the molecule is Cc1c(Br)ccnc1C1=N[C@]2(CC1)CCN(C)C2=O. The van der Waals surface area contributed by atoms with E-state index < -0.39 is 5.54 Å². The fourth-order valence-electron chi connectivity index (χ4n) is 2.92. The lowest BCUT2D eigenvalue weighted by Gasteiger charge is -2.17. The fourth-order valence-corrected chi connectivity index (χ4v) is 3.23. The van der Waals surface area contributed by atoms with Crippen LogP contribution in [0.2, 0.25) is 0 Å². The molecular weight excluding hydrogens is 306 g/mol. The van der Waals surface area contributed by atoms with Crippen molar-refractivity contribution in [3.05, 3.63) is 28.0 Å². The molecule has 0 aliphatic carbocycles. The molecule has 1 amide bonds. The van der Waals surface area contributed by atoms with Gasteiger partial charge < -0.3 is 4.90 Å².